The normalized spacial score (nSPS) is 13.7. The first-order chi connectivity index (χ1) is 61.3. The molecule has 0 aliphatic heterocycles. The highest BCUT2D eigenvalue weighted by molar-refractivity contribution is 5.85. The Kier molecular flexibility index (Phi) is 66.9. The first kappa shape index (κ1) is 113. The molecule has 5 heterocycles. The van der Waals surface area contributed by atoms with Crippen LogP contribution in [0.1, 0.15) is 394 Å². The van der Waals surface area contributed by atoms with Crippen molar-refractivity contribution in [2.75, 3.05) is 0 Å². The number of nitrogens with zero attached hydrogens (tertiary/aromatic N) is 5. The summed E-state index contributed by atoms with van der Waals surface area (Å²) in [6.45, 7) is 18.5. The van der Waals surface area contributed by atoms with Crippen LogP contribution in [-0.2, 0) is 115 Å². The number of carbonyl (C=O) groups excluding carboxylic acids is 4. The van der Waals surface area contributed by atoms with Crippen LogP contribution in [0.4, 0.5) is 0 Å². The van der Waals surface area contributed by atoms with Gasteiger partial charge in [0.1, 0.15) is 24.2 Å². The average molecular weight is 1750 g/mol. The summed E-state index contributed by atoms with van der Waals surface area (Å²) in [6.07, 6.45) is 58.3. The average Bonchev–Trinajstić information content (AvgIpc) is 1.08. The number of carboxylic acids is 4. The van der Waals surface area contributed by atoms with Crippen molar-refractivity contribution in [3.05, 3.63) is 183 Å². The minimum absolute atomic E-state index is 0.199. The number of aromatic nitrogens is 5. The van der Waals surface area contributed by atoms with Crippen LogP contribution in [0.3, 0.4) is 0 Å². The number of carboxylic acid groups (broad SMARTS) is 4. The molecule has 0 spiro atoms. The molecule has 4 unspecified atom stereocenters. The molecule has 1 aromatic carbocycles. The van der Waals surface area contributed by atoms with Gasteiger partial charge in [-0.1, -0.05) is 264 Å². The van der Waals surface area contributed by atoms with E-state index in [0.29, 0.717) is 44.9 Å². The molecule has 0 radical (unpaired) electrons. The van der Waals surface area contributed by atoms with E-state index in [1.165, 1.54) is 184 Å². The van der Waals surface area contributed by atoms with Crippen molar-refractivity contribution in [3.63, 3.8) is 0 Å². The second-order valence-electron chi connectivity index (χ2n) is 32.7. The molecule has 4 atom stereocenters. The Hall–Kier alpha value is -9.27. The summed E-state index contributed by atoms with van der Waals surface area (Å²) in [5.41, 5.74) is 15.8. The SMILES string of the molecule is C1CCCC1.CC.CC.CC.CC(=O)NC(CCCCCCCc1ccc2c(n1)CCCC2)C(=O)O.CCC(=O)NC(CCCCCCCc1ccc2c(n1)CCCC2)C(=O)O.CCC(=O)NC(CCCCCCCc1ccc2c(n1)CCCC2)C(=O)O.CCC(=O)NC(CCCCCCCc1ccc2c(n1)CCCC2)C(=O)O.c1ccccc1.c1ccncc1. The summed E-state index contributed by atoms with van der Waals surface area (Å²) in [5, 5.41) is 46.7. The van der Waals surface area contributed by atoms with E-state index < -0.39 is 48.0 Å². The molecule has 0 saturated heterocycles. The molecule has 5 aliphatic carbocycles. The fourth-order valence-electron chi connectivity index (χ4n) is 15.6. The van der Waals surface area contributed by atoms with E-state index in [2.05, 4.69) is 74.8 Å². The van der Waals surface area contributed by atoms with Gasteiger partial charge in [-0.3, -0.25) is 44.1 Å². The van der Waals surface area contributed by atoms with Crippen molar-refractivity contribution in [3.8, 4) is 0 Å². The molecular formula is C105H165N9O12. The zero-order valence-corrected chi connectivity index (χ0v) is 79.3. The number of carbonyl (C=O) groups is 8. The minimum atomic E-state index is -0.950. The van der Waals surface area contributed by atoms with E-state index in [-0.39, 0.29) is 23.6 Å². The quantitative estimate of drug-likeness (QED) is 0.0165. The van der Waals surface area contributed by atoms with Crippen molar-refractivity contribution >= 4 is 47.5 Å². The maximum absolute atomic E-state index is 11.3. The number of aryl methyl sites for hydroxylation is 12. The number of unbranched alkanes of at least 4 members (excludes halogenated alkanes) is 16. The lowest BCUT2D eigenvalue weighted by molar-refractivity contribution is -0.142. The van der Waals surface area contributed by atoms with E-state index in [9.17, 15) is 38.4 Å². The van der Waals surface area contributed by atoms with Crippen molar-refractivity contribution < 1.29 is 58.8 Å². The largest absolute Gasteiger partial charge is 0.480 e. The maximum atomic E-state index is 11.3. The molecule has 702 valence electrons. The molecule has 21 nitrogen and oxygen atoms in total. The lowest BCUT2D eigenvalue weighted by atomic mass is 9.95. The van der Waals surface area contributed by atoms with Gasteiger partial charge < -0.3 is 41.7 Å². The van der Waals surface area contributed by atoms with Crippen molar-refractivity contribution in [2.24, 2.45) is 0 Å². The molecule has 1 fully saturated rings. The van der Waals surface area contributed by atoms with Crippen molar-refractivity contribution in [1.29, 1.82) is 0 Å². The van der Waals surface area contributed by atoms with Crippen LogP contribution in [0.2, 0.25) is 0 Å². The summed E-state index contributed by atoms with van der Waals surface area (Å²) < 4.78 is 0. The summed E-state index contributed by atoms with van der Waals surface area (Å²) in [7, 11) is 0. The number of fused-ring (bicyclic) bond motifs is 4. The van der Waals surface area contributed by atoms with Gasteiger partial charge in [0.25, 0.3) is 0 Å². The number of benzene rings is 1. The Morgan fingerprint density at radius 2 is 0.484 bits per heavy atom. The third-order valence-corrected chi connectivity index (χ3v) is 22.7. The Morgan fingerprint density at radius 1 is 0.278 bits per heavy atom. The molecule has 6 aromatic rings. The monoisotopic (exact) mass is 1740 g/mol. The third kappa shape index (κ3) is 54.0. The molecular weight excluding hydrogens is 1580 g/mol. The van der Waals surface area contributed by atoms with Crippen LogP contribution < -0.4 is 21.3 Å². The van der Waals surface area contributed by atoms with E-state index in [0.717, 1.165) is 180 Å². The summed E-state index contributed by atoms with van der Waals surface area (Å²) in [5.74, 6) is -4.65. The molecule has 126 heavy (non-hydrogen) atoms. The van der Waals surface area contributed by atoms with Crippen LogP contribution >= 0.6 is 0 Å². The van der Waals surface area contributed by atoms with Crippen molar-refractivity contribution in [2.45, 2.75) is 427 Å². The predicted octanol–water partition coefficient (Wildman–Crippen LogP) is 22.7. The van der Waals surface area contributed by atoms with Crippen LogP contribution in [0.25, 0.3) is 0 Å². The molecule has 21 heteroatoms. The van der Waals surface area contributed by atoms with Crippen LogP contribution in [0, 0.1) is 0 Å². The number of pyridine rings is 5. The molecule has 0 bridgehead atoms. The Balaban J connectivity index is 0.000000522. The highest BCUT2D eigenvalue weighted by atomic mass is 16.4. The van der Waals surface area contributed by atoms with Gasteiger partial charge in [0.05, 0.1) is 0 Å². The van der Waals surface area contributed by atoms with Crippen LogP contribution in [0.5, 0.6) is 0 Å². The Bertz CT molecular complexity index is 3520. The smallest absolute Gasteiger partial charge is 0.326 e. The molecule has 11 rings (SSSR count). The van der Waals surface area contributed by atoms with Gasteiger partial charge in [-0.05, 0) is 238 Å². The Morgan fingerprint density at radius 3 is 0.683 bits per heavy atom. The van der Waals surface area contributed by atoms with Gasteiger partial charge in [-0.15, -0.1) is 0 Å². The van der Waals surface area contributed by atoms with E-state index >= 15 is 0 Å². The number of aliphatic carboxylic acids is 4. The number of amides is 4. The topological polar surface area (TPSA) is 330 Å². The second kappa shape index (κ2) is 74.8. The van der Waals surface area contributed by atoms with Crippen molar-refractivity contribution in [1.82, 2.24) is 46.2 Å². The lowest BCUT2D eigenvalue weighted by Crippen LogP contribution is -2.40. The van der Waals surface area contributed by atoms with Crippen LogP contribution in [-0.4, -0.2) is 117 Å². The molecule has 1 saturated carbocycles. The van der Waals surface area contributed by atoms with E-state index in [1.807, 2.05) is 96.1 Å². The van der Waals surface area contributed by atoms with Gasteiger partial charge >= 0.3 is 23.9 Å². The Labute approximate surface area is 759 Å². The van der Waals surface area contributed by atoms with Gasteiger partial charge in [0.15, 0.2) is 0 Å². The maximum Gasteiger partial charge on any atom is 0.326 e. The molecule has 4 amide bonds. The number of nitrogens with one attached hydrogen (secondary N) is 4. The lowest BCUT2D eigenvalue weighted by Gasteiger charge is -2.15. The van der Waals surface area contributed by atoms with E-state index in [4.69, 9.17) is 40.4 Å². The van der Waals surface area contributed by atoms with Gasteiger partial charge in [0.2, 0.25) is 23.6 Å². The van der Waals surface area contributed by atoms with Gasteiger partial charge in [-0.25, -0.2) is 19.2 Å². The minimum Gasteiger partial charge on any atom is -0.480 e. The fourth-order valence-corrected chi connectivity index (χ4v) is 15.6. The highest BCUT2D eigenvalue weighted by Gasteiger charge is 2.23. The number of rotatable bonds is 43. The zero-order chi connectivity index (χ0) is 92.4. The third-order valence-electron chi connectivity index (χ3n) is 22.7. The van der Waals surface area contributed by atoms with Gasteiger partial charge in [-0.2, -0.15) is 0 Å². The first-order valence-electron chi connectivity index (χ1n) is 49.2. The molecule has 5 aliphatic rings. The highest BCUT2D eigenvalue weighted by Crippen LogP contribution is 2.26. The standard InChI is InChI=1S/3C21H32N2O3.C20H30N2O3.C6H6.C5H5N.C5H10.3C2H6/c3*1-2-20(24)23-19(21(25)26)13-7-5-3-4-6-11-17-15-14-16-10-8-9-12-18(16)22-17;1-15(23)21-19(20(24)25)12-6-4-2-3-5-10-17-14-13-16-9-7-8-11-18(16)22-17;2*1-2-4-6-5-3-1;1-2-4-5-3-1;3*1-2/h3*14-15,19H,2-13H2,1H3,(H,23,24)(H,25,26);13-14,19H,2-12H2,1H3,(H,21,23)(H,24,25);1-6H;1-5H;1-5H2;3*1-2H3. The summed E-state index contributed by atoms with van der Waals surface area (Å²) in [4.78, 5) is 113. The zero-order valence-electron chi connectivity index (χ0n) is 79.3. The van der Waals surface area contributed by atoms with Gasteiger partial charge in [0, 0.05) is 84.1 Å². The summed E-state index contributed by atoms with van der Waals surface area (Å²) in [6, 6.07) is 32.5. The molecule has 8 N–H and O–H groups in total. The molecule has 5 aromatic heterocycles. The predicted molar refractivity (Wildman–Crippen MR) is 512 cm³/mol. The van der Waals surface area contributed by atoms with Crippen LogP contribution in [0.15, 0.2) is 116 Å². The fraction of sp³-hybridized carbons (Fsp3) is 0.629. The number of hydrogen-bond donors (Lipinski definition) is 8. The first-order valence-corrected chi connectivity index (χ1v) is 49.2. The number of hydrogen-bond acceptors (Lipinski definition) is 13. The van der Waals surface area contributed by atoms with E-state index in [1.54, 1.807) is 33.2 Å². The second-order valence-corrected chi connectivity index (χ2v) is 32.7. The summed E-state index contributed by atoms with van der Waals surface area (Å²) >= 11 is 0.